The number of carbonyl (C=O) groups excluding carboxylic acids is 1. The lowest BCUT2D eigenvalue weighted by Crippen LogP contribution is -2.58. The molecule has 1 spiro atoms. The van der Waals surface area contributed by atoms with Crippen molar-refractivity contribution in [2.24, 2.45) is 0 Å². The molecule has 50 heavy (non-hydrogen) atoms. The van der Waals surface area contributed by atoms with E-state index in [0.29, 0.717) is 68.8 Å². The molecule has 0 unspecified atom stereocenters. The maximum absolute atomic E-state index is 14.0. The van der Waals surface area contributed by atoms with Crippen LogP contribution in [0.1, 0.15) is 76.5 Å². The first-order valence-electron chi connectivity index (χ1n) is 16.9. The van der Waals surface area contributed by atoms with Crippen LogP contribution in [-0.2, 0) is 23.9 Å². The molecule has 0 radical (unpaired) electrons. The van der Waals surface area contributed by atoms with Crippen molar-refractivity contribution in [3.63, 3.8) is 0 Å². The minimum Gasteiger partial charge on any atom is -0.506 e. The number of aliphatic hydroxyl groups is 1. The number of carbonyl (C=O) groups is 1. The van der Waals surface area contributed by atoms with Crippen LogP contribution in [0.3, 0.4) is 0 Å². The smallest absolute Gasteiger partial charge is 0.416 e. The van der Waals surface area contributed by atoms with Crippen LogP contribution >= 0.6 is 11.3 Å². The number of hydrogen-bond acceptors (Lipinski definition) is 9. The standard InChI is InChI=1S/C36H42F3N5O5S/c1-22(2)33-41-28(20-50-33)34(48)44-15-16-49-35(21-44)10-13-43(14-11-35)19-23-3-6-27(36(37,38)39)24(17-23)9-12-40-18-30(46)25-4-7-29(45)32-26(25)5-8-31(47)42-32/h3-8,17,20,22,30,40,45-46H,9-16,18-19,21H2,1-2H3,(H,42,47)/t30-/m0/s1. The Labute approximate surface area is 291 Å². The van der Waals surface area contributed by atoms with Crippen molar-refractivity contribution in [2.75, 3.05) is 45.9 Å². The van der Waals surface area contributed by atoms with Gasteiger partial charge in [-0.15, -0.1) is 11.3 Å². The number of nitrogens with zero attached hydrogens (tertiary/aromatic N) is 3. The fourth-order valence-corrected chi connectivity index (χ4v) is 7.67. The molecule has 4 aromatic rings. The number of likely N-dealkylation sites (tertiary alicyclic amines) is 1. The number of phenolic OH excluding ortho intramolecular Hbond substituents is 1. The van der Waals surface area contributed by atoms with Crippen LogP contribution in [0.15, 0.2) is 52.6 Å². The van der Waals surface area contributed by atoms with Crippen molar-refractivity contribution < 1.29 is 32.9 Å². The molecular weight excluding hydrogens is 671 g/mol. The largest absolute Gasteiger partial charge is 0.506 e. The molecule has 2 saturated heterocycles. The van der Waals surface area contributed by atoms with Crippen LogP contribution in [-0.4, -0.2) is 87.4 Å². The van der Waals surface area contributed by atoms with Crippen LogP contribution in [0.2, 0.25) is 0 Å². The Morgan fingerprint density at radius 2 is 1.92 bits per heavy atom. The maximum atomic E-state index is 14.0. The second-order valence-electron chi connectivity index (χ2n) is 13.5. The van der Waals surface area contributed by atoms with Crippen molar-refractivity contribution in [1.29, 1.82) is 0 Å². The van der Waals surface area contributed by atoms with Crippen LogP contribution in [0.5, 0.6) is 5.75 Å². The van der Waals surface area contributed by atoms with E-state index in [1.54, 1.807) is 12.1 Å². The normalized spacial score (nSPS) is 17.5. The molecule has 6 rings (SSSR count). The summed E-state index contributed by atoms with van der Waals surface area (Å²) in [6.45, 7) is 7.66. The van der Waals surface area contributed by atoms with E-state index in [9.17, 15) is 33.0 Å². The Hall–Kier alpha value is -3.82. The molecule has 268 valence electrons. The van der Waals surface area contributed by atoms with Gasteiger partial charge in [0.15, 0.2) is 0 Å². The van der Waals surface area contributed by atoms with Gasteiger partial charge in [-0.1, -0.05) is 32.0 Å². The number of aliphatic hydroxyl groups excluding tert-OH is 1. The van der Waals surface area contributed by atoms with Crippen molar-refractivity contribution in [3.05, 3.63) is 91.2 Å². The highest BCUT2D eigenvalue weighted by Gasteiger charge is 2.41. The molecule has 2 aromatic carbocycles. The van der Waals surface area contributed by atoms with Gasteiger partial charge in [0.05, 0.1) is 40.9 Å². The number of hydrogen-bond donors (Lipinski definition) is 4. The monoisotopic (exact) mass is 713 g/mol. The molecular formula is C36H42F3N5O5S. The summed E-state index contributed by atoms with van der Waals surface area (Å²) in [6.07, 6.45) is -4.03. The first-order valence-corrected chi connectivity index (χ1v) is 17.7. The van der Waals surface area contributed by atoms with Gasteiger partial charge < -0.3 is 30.2 Å². The number of aromatic amines is 1. The van der Waals surface area contributed by atoms with Crippen LogP contribution in [0.25, 0.3) is 10.9 Å². The number of rotatable bonds is 10. The summed E-state index contributed by atoms with van der Waals surface area (Å²) in [6, 6.07) is 10.0. The van der Waals surface area contributed by atoms with Gasteiger partial charge in [0, 0.05) is 55.5 Å². The summed E-state index contributed by atoms with van der Waals surface area (Å²) in [4.78, 5) is 36.1. The predicted octanol–water partition coefficient (Wildman–Crippen LogP) is 5.21. The third-order valence-electron chi connectivity index (χ3n) is 9.59. The number of piperidine rings is 1. The zero-order valence-electron chi connectivity index (χ0n) is 28.1. The van der Waals surface area contributed by atoms with E-state index in [2.05, 4.69) is 34.0 Å². The molecule has 2 aliphatic heterocycles. The average molecular weight is 714 g/mol. The van der Waals surface area contributed by atoms with Gasteiger partial charge in [0.25, 0.3) is 5.91 Å². The van der Waals surface area contributed by atoms with E-state index in [-0.39, 0.29) is 48.2 Å². The third-order valence-corrected chi connectivity index (χ3v) is 10.7. The number of halogens is 3. The molecule has 2 fully saturated rings. The molecule has 14 heteroatoms. The number of aromatic nitrogens is 2. The molecule has 10 nitrogen and oxygen atoms in total. The minimum atomic E-state index is -4.51. The van der Waals surface area contributed by atoms with Crippen molar-refractivity contribution in [2.45, 2.75) is 63.5 Å². The molecule has 2 aromatic heterocycles. The predicted molar refractivity (Wildman–Crippen MR) is 185 cm³/mol. The highest BCUT2D eigenvalue weighted by atomic mass is 32.1. The summed E-state index contributed by atoms with van der Waals surface area (Å²) in [5.41, 5.74) is 0.574. The van der Waals surface area contributed by atoms with E-state index >= 15 is 0 Å². The number of phenols is 1. The molecule has 4 heterocycles. The summed E-state index contributed by atoms with van der Waals surface area (Å²) >= 11 is 1.50. The van der Waals surface area contributed by atoms with Gasteiger partial charge >= 0.3 is 6.18 Å². The number of benzene rings is 2. The lowest BCUT2D eigenvalue weighted by atomic mass is 9.89. The summed E-state index contributed by atoms with van der Waals surface area (Å²) in [5.74, 6) is 0.0529. The lowest BCUT2D eigenvalue weighted by molar-refractivity contribution is -0.138. The van der Waals surface area contributed by atoms with Crippen LogP contribution in [0.4, 0.5) is 13.2 Å². The number of fused-ring (bicyclic) bond motifs is 1. The summed E-state index contributed by atoms with van der Waals surface area (Å²) in [7, 11) is 0. The average Bonchev–Trinajstić information content (AvgIpc) is 3.59. The lowest BCUT2D eigenvalue weighted by Gasteiger charge is -2.47. The first-order chi connectivity index (χ1) is 23.8. The number of nitrogens with one attached hydrogen (secondary N) is 2. The second-order valence-corrected chi connectivity index (χ2v) is 14.4. The molecule has 0 aliphatic carbocycles. The van der Waals surface area contributed by atoms with Crippen molar-refractivity contribution in [3.8, 4) is 5.75 Å². The minimum absolute atomic E-state index is 0.0590. The van der Waals surface area contributed by atoms with Crippen LogP contribution < -0.4 is 10.9 Å². The van der Waals surface area contributed by atoms with Gasteiger partial charge in [0.2, 0.25) is 5.56 Å². The second kappa shape index (κ2) is 14.8. The number of amides is 1. The molecule has 0 bridgehead atoms. The Morgan fingerprint density at radius 1 is 1.14 bits per heavy atom. The molecule has 1 amide bonds. The Balaban J connectivity index is 1.05. The number of morpholine rings is 1. The zero-order chi connectivity index (χ0) is 35.6. The molecule has 0 saturated carbocycles. The number of pyridine rings is 1. The zero-order valence-corrected chi connectivity index (χ0v) is 28.9. The number of thiazole rings is 1. The number of aromatic hydroxyl groups is 1. The van der Waals surface area contributed by atoms with E-state index in [1.807, 2.05) is 10.3 Å². The fourth-order valence-electron chi connectivity index (χ4n) is 6.86. The molecule has 1 atom stereocenters. The van der Waals surface area contributed by atoms with E-state index in [0.717, 1.165) is 16.6 Å². The quantitative estimate of drug-likeness (QED) is 0.165. The van der Waals surface area contributed by atoms with Gasteiger partial charge in [-0.2, -0.15) is 13.2 Å². The van der Waals surface area contributed by atoms with Gasteiger partial charge in [-0.25, -0.2) is 4.98 Å². The van der Waals surface area contributed by atoms with Crippen molar-refractivity contribution in [1.82, 2.24) is 25.1 Å². The summed E-state index contributed by atoms with van der Waals surface area (Å²) in [5, 5.41) is 27.2. The third kappa shape index (κ3) is 8.05. The van der Waals surface area contributed by atoms with E-state index in [1.165, 1.54) is 35.6 Å². The fraction of sp³-hybridized carbons (Fsp3) is 0.472. The number of alkyl halides is 3. The molecule has 4 N–H and O–H groups in total. The van der Waals surface area contributed by atoms with Gasteiger partial charge in [-0.3, -0.25) is 14.5 Å². The van der Waals surface area contributed by atoms with Crippen LogP contribution in [0, 0.1) is 0 Å². The number of H-pyrrole nitrogens is 1. The van der Waals surface area contributed by atoms with Crippen molar-refractivity contribution >= 4 is 28.1 Å². The SMILES string of the molecule is CC(C)c1nc(C(=O)N2CCOC3(CCN(Cc4ccc(C(F)(F)F)c(CCNC[C@H](O)c5ccc(O)c6[nH]c(=O)ccc56)c4)CC3)C2)cs1. The maximum Gasteiger partial charge on any atom is 0.416 e. The molecule has 2 aliphatic rings. The highest BCUT2D eigenvalue weighted by Crippen LogP contribution is 2.35. The first kappa shape index (κ1) is 36.0. The Bertz CT molecular complexity index is 1890. The Morgan fingerprint density at radius 3 is 2.64 bits per heavy atom. The number of ether oxygens (including phenoxy) is 1. The highest BCUT2D eigenvalue weighted by molar-refractivity contribution is 7.09. The topological polar surface area (TPSA) is 131 Å². The van der Waals surface area contributed by atoms with Gasteiger partial charge in [-0.05, 0) is 60.7 Å². The van der Waals surface area contributed by atoms with E-state index in [4.69, 9.17) is 4.74 Å². The Kier molecular flexibility index (Phi) is 10.7. The van der Waals surface area contributed by atoms with E-state index < -0.39 is 29.0 Å². The summed E-state index contributed by atoms with van der Waals surface area (Å²) < 4.78 is 48.2. The van der Waals surface area contributed by atoms with Gasteiger partial charge in [0.1, 0.15) is 11.4 Å².